The first kappa shape index (κ1) is 14.2. The van der Waals surface area contributed by atoms with Crippen molar-refractivity contribution in [1.29, 1.82) is 0 Å². The Morgan fingerprint density at radius 2 is 1.70 bits per heavy atom. The maximum atomic E-state index is 14.1. The lowest BCUT2D eigenvalue weighted by Crippen LogP contribution is -2.43. The van der Waals surface area contributed by atoms with Gasteiger partial charge in [0.25, 0.3) is 0 Å². The molecule has 2 bridgehead atoms. The van der Waals surface area contributed by atoms with E-state index in [0.29, 0.717) is 16.6 Å². The Balaban J connectivity index is 1.92. The molecule has 0 aromatic heterocycles. The van der Waals surface area contributed by atoms with Crippen LogP contribution in [0.3, 0.4) is 0 Å². The molecular weight excluding hydrogens is 338 g/mol. The molecule has 0 amide bonds. The summed E-state index contributed by atoms with van der Waals surface area (Å²) in [5.74, 6) is -0.773. The summed E-state index contributed by atoms with van der Waals surface area (Å²) >= 11 is 3.60. The molecule has 2 saturated heterocycles. The summed E-state index contributed by atoms with van der Waals surface area (Å²) in [6, 6.07) is 3.30. The zero-order valence-electron chi connectivity index (χ0n) is 10.6. The third-order valence-electron chi connectivity index (χ3n) is 4.23. The average molecular weight is 352 g/mol. The van der Waals surface area contributed by atoms with Crippen molar-refractivity contribution in [2.45, 2.75) is 48.8 Å². The zero-order valence-corrected chi connectivity index (χ0v) is 12.2. The second kappa shape index (κ2) is 4.90. The molecule has 0 spiro atoms. The second-order valence-corrected chi connectivity index (χ2v) is 6.82. The van der Waals surface area contributed by atoms with E-state index >= 15 is 0 Å². The van der Waals surface area contributed by atoms with Crippen LogP contribution in [-0.4, -0.2) is 16.9 Å². The number of hydrogen-bond acceptors (Lipinski definition) is 1. The maximum absolute atomic E-state index is 14.1. The van der Waals surface area contributed by atoms with Crippen molar-refractivity contribution in [3.05, 3.63) is 29.6 Å². The van der Waals surface area contributed by atoms with Crippen LogP contribution in [0.15, 0.2) is 18.2 Å². The monoisotopic (exact) mass is 351 g/mol. The molecule has 2 unspecified atom stereocenters. The summed E-state index contributed by atoms with van der Waals surface area (Å²) in [6.07, 6.45) is -0.713. The number of nitrogens with zero attached hydrogens (tertiary/aromatic N) is 1. The van der Waals surface area contributed by atoms with Crippen molar-refractivity contribution < 1.29 is 17.6 Å². The van der Waals surface area contributed by atoms with Crippen LogP contribution < -0.4 is 4.90 Å². The highest BCUT2D eigenvalue weighted by Gasteiger charge is 2.41. The summed E-state index contributed by atoms with van der Waals surface area (Å²) in [7, 11) is 0. The first-order valence-corrected chi connectivity index (χ1v) is 7.57. The predicted octanol–water partition coefficient (Wildman–Crippen LogP) is 4.74. The van der Waals surface area contributed by atoms with Gasteiger partial charge in [0.2, 0.25) is 0 Å². The van der Waals surface area contributed by atoms with E-state index in [0.717, 1.165) is 31.7 Å². The van der Waals surface area contributed by atoms with E-state index in [2.05, 4.69) is 15.9 Å². The number of fused-ring (bicyclic) bond motifs is 2. The lowest BCUT2D eigenvalue weighted by atomic mass is 10.0. The summed E-state index contributed by atoms with van der Waals surface area (Å²) in [6.45, 7) is 0. The van der Waals surface area contributed by atoms with E-state index in [9.17, 15) is 17.6 Å². The minimum absolute atomic E-state index is 0.226. The van der Waals surface area contributed by atoms with Crippen LogP contribution in [0.25, 0.3) is 0 Å². The molecule has 0 saturated carbocycles. The highest BCUT2D eigenvalue weighted by Crippen LogP contribution is 2.43. The quantitative estimate of drug-likeness (QED) is 0.521. The van der Waals surface area contributed by atoms with Crippen LogP contribution in [0.4, 0.5) is 23.2 Å². The number of benzene rings is 1. The maximum Gasteiger partial charge on any atom is 0.416 e. The van der Waals surface area contributed by atoms with Gasteiger partial charge in [-0.15, -0.1) is 0 Å². The van der Waals surface area contributed by atoms with Gasteiger partial charge >= 0.3 is 6.18 Å². The first-order chi connectivity index (χ1) is 9.36. The van der Waals surface area contributed by atoms with Crippen molar-refractivity contribution in [2.24, 2.45) is 0 Å². The van der Waals surface area contributed by atoms with Gasteiger partial charge < -0.3 is 4.90 Å². The van der Waals surface area contributed by atoms with Gasteiger partial charge in [-0.25, -0.2) is 4.39 Å². The molecule has 0 N–H and O–H groups in total. The number of halogens is 5. The minimum atomic E-state index is -4.50. The smallest absolute Gasteiger partial charge is 0.363 e. The molecule has 2 aliphatic rings. The summed E-state index contributed by atoms with van der Waals surface area (Å²) < 4.78 is 51.8. The standard InChI is InChI=1S/C14H14BrF4N/c15-9-6-10-2-3-11(7-9)20(10)13-4-1-8(5-12(13)16)14(17,18)19/h1,4-5,9-11H,2-3,6-7H2. The Morgan fingerprint density at radius 3 is 2.20 bits per heavy atom. The largest absolute Gasteiger partial charge is 0.416 e. The van der Waals surface area contributed by atoms with E-state index < -0.39 is 17.6 Å². The molecular formula is C14H14BrF4N. The van der Waals surface area contributed by atoms with Crippen LogP contribution in [0, 0.1) is 5.82 Å². The van der Waals surface area contributed by atoms with Gasteiger partial charge in [0.15, 0.2) is 0 Å². The molecule has 20 heavy (non-hydrogen) atoms. The fourth-order valence-corrected chi connectivity index (χ4v) is 4.26. The molecule has 1 aromatic rings. The molecule has 1 aromatic carbocycles. The van der Waals surface area contributed by atoms with Crippen molar-refractivity contribution >= 4 is 21.6 Å². The van der Waals surface area contributed by atoms with Crippen LogP contribution in [0.1, 0.15) is 31.2 Å². The third-order valence-corrected chi connectivity index (χ3v) is 4.98. The number of anilines is 1. The predicted molar refractivity (Wildman–Crippen MR) is 72.6 cm³/mol. The van der Waals surface area contributed by atoms with Gasteiger partial charge in [0.1, 0.15) is 5.82 Å². The normalized spacial score (nSPS) is 29.9. The summed E-state index contributed by atoms with van der Waals surface area (Å²) in [4.78, 5) is 2.40. The number of rotatable bonds is 1. The van der Waals surface area contributed by atoms with Crippen LogP contribution >= 0.6 is 15.9 Å². The zero-order chi connectivity index (χ0) is 14.5. The SMILES string of the molecule is Fc1cc(C(F)(F)F)ccc1N1C2CCC1CC(Br)C2. The van der Waals surface area contributed by atoms with Crippen LogP contribution in [0.5, 0.6) is 0 Å². The first-order valence-electron chi connectivity index (χ1n) is 6.65. The Hall–Kier alpha value is -0.780. The van der Waals surface area contributed by atoms with E-state index in [-0.39, 0.29) is 12.1 Å². The lowest BCUT2D eigenvalue weighted by Gasteiger charge is -2.39. The van der Waals surface area contributed by atoms with E-state index in [1.54, 1.807) is 0 Å². The van der Waals surface area contributed by atoms with Gasteiger partial charge in [-0.3, -0.25) is 0 Å². The van der Waals surface area contributed by atoms with Crippen LogP contribution in [0.2, 0.25) is 0 Å². The molecule has 0 radical (unpaired) electrons. The molecule has 6 heteroatoms. The molecule has 2 heterocycles. The van der Waals surface area contributed by atoms with Crippen molar-refractivity contribution in [1.82, 2.24) is 0 Å². The topological polar surface area (TPSA) is 3.24 Å². The molecule has 1 nitrogen and oxygen atoms in total. The Bertz CT molecular complexity index is 502. The fourth-order valence-electron chi connectivity index (χ4n) is 3.40. The molecule has 2 aliphatic heterocycles. The average Bonchev–Trinajstić information content (AvgIpc) is 2.61. The minimum Gasteiger partial charge on any atom is -0.363 e. The molecule has 110 valence electrons. The number of piperidine rings is 1. The van der Waals surface area contributed by atoms with Crippen LogP contribution in [-0.2, 0) is 6.18 Å². The second-order valence-electron chi connectivity index (χ2n) is 5.52. The fraction of sp³-hybridized carbons (Fsp3) is 0.571. The molecule has 3 rings (SSSR count). The third kappa shape index (κ3) is 2.43. The Kier molecular flexibility index (Phi) is 3.47. The number of hydrogen-bond donors (Lipinski definition) is 0. The van der Waals surface area contributed by atoms with Gasteiger partial charge in [0.05, 0.1) is 11.3 Å². The van der Waals surface area contributed by atoms with E-state index in [4.69, 9.17) is 0 Å². The van der Waals surface area contributed by atoms with Gasteiger partial charge in [-0.2, -0.15) is 13.2 Å². The number of alkyl halides is 4. The Labute approximate surface area is 123 Å². The summed E-state index contributed by atoms with van der Waals surface area (Å²) in [5, 5.41) is 0. The highest BCUT2D eigenvalue weighted by molar-refractivity contribution is 9.09. The van der Waals surface area contributed by atoms with E-state index in [1.165, 1.54) is 6.07 Å². The Morgan fingerprint density at radius 1 is 1.10 bits per heavy atom. The van der Waals surface area contributed by atoms with E-state index in [1.807, 2.05) is 4.90 Å². The lowest BCUT2D eigenvalue weighted by molar-refractivity contribution is -0.137. The molecule has 2 atom stereocenters. The van der Waals surface area contributed by atoms with Gasteiger partial charge in [-0.1, -0.05) is 15.9 Å². The van der Waals surface area contributed by atoms with Gasteiger partial charge in [0, 0.05) is 16.9 Å². The molecule has 2 fully saturated rings. The molecule has 0 aliphatic carbocycles. The highest BCUT2D eigenvalue weighted by atomic mass is 79.9. The van der Waals surface area contributed by atoms with Crippen molar-refractivity contribution in [3.8, 4) is 0 Å². The van der Waals surface area contributed by atoms with Crippen molar-refractivity contribution in [3.63, 3.8) is 0 Å². The van der Waals surface area contributed by atoms with Gasteiger partial charge in [-0.05, 0) is 43.9 Å². The van der Waals surface area contributed by atoms with Crippen molar-refractivity contribution in [2.75, 3.05) is 4.90 Å². The summed E-state index contributed by atoms with van der Waals surface area (Å²) in [5.41, 5.74) is -0.619.